The summed E-state index contributed by atoms with van der Waals surface area (Å²) in [5.41, 5.74) is 1.08. The predicted octanol–water partition coefficient (Wildman–Crippen LogP) is 3.57. The van der Waals surface area contributed by atoms with Crippen LogP contribution in [0.5, 0.6) is 5.75 Å². The first kappa shape index (κ1) is 22.0. The van der Waals surface area contributed by atoms with Gasteiger partial charge in [0.1, 0.15) is 11.9 Å². The Morgan fingerprint density at radius 2 is 2.03 bits per heavy atom. The number of alkyl halides is 1. The number of phenolic OH excluding ortho intramolecular Hbond substituents is 1. The van der Waals surface area contributed by atoms with Gasteiger partial charge in [0.25, 0.3) is 0 Å². The second kappa shape index (κ2) is 9.54. The van der Waals surface area contributed by atoms with Crippen LogP contribution in [0.4, 0.5) is 10.2 Å². The highest BCUT2D eigenvalue weighted by molar-refractivity contribution is 5.69. The van der Waals surface area contributed by atoms with Crippen molar-refractivity contribution in [3.05, 3.63) is 24.4 Å². The van der Waals surface area contributed by atoms with Crippen molar-refractivity contribution in [1.29, 1.82) is 0 Å². The molecule has 0 radical (unpaired) electrons. The largest absolute Gasteiger partial charge is 0.507 e. The van der Waals surface area contributed by atoms with Crippen molar-refractivity contribution in [1.82, 2.24) is 35.4 Å². The Hall–Kier alpha value is -3.17. The van der Waals surface area contributed by atoms with E-state index in [0.717, 1.165) is 32.1 Å². The average molecular weight is 441 g/mol. The second-order valence-corrected chi connectivity index (χ2v) is 8.49. The summed E-state index contributed by atoms with van der Waals surface area (Å²) in [4.78, 5) is 7.61. The summed E-state index contributed by atoms with van der Waals surface area (Å²) in [7, 11) is 3.53. The number of rotatable bonds is 6. The van der Waals surface area contributed by atoms with E-state index in [-0.39, 0.29) is 11.8 Å². The summed E-state index contributed by atoms with van der Waals surface area (Å²) < 4.78 is 14.9. The molecule has 1 N–H and O–H groups in total. The van der Waals surface area contributed by atoms with Gasteiger partial charge < -0.3 is 10.0 Å². The zero-order valence-corrected chi connectivity index (χ0v) is 18.7. The van der Waals surface area contributed by atoms with Crippen LogP contribution in [0.2, 0.25) is 0 Å². The minimum absolute atomic E-state index is 0.00662. The summed E-state index contributed by atoms with van der Waals surface area (Å²) in [6.07, 6.45) is 6.34. The Labute approximate surface area is 186 Å². The van der Waals surface area contributed by atoms with Gasteiger partial charge in [-0.3, -0.25) is 0 Å². The molecule has 2 heterocycles. The Morgan fingerprint density at radius 3 is 2.69 bits per heavy atom. The highest BCUT2D eigenvalue weighted by atomic mass is 19.1. The van der Waals surface area contributed by atoms with Crippen LogP contribution in [-0.2, 0) is 7.05 Å². The van der Waals surface area contributed by atoms with E-state index in [1.165, 1.54) is 4.80 Å². The van der Waals surface area contributed by atoms with Gasteiger partial charge in [-0.25, -0.2) is 9.37 Å². The lowest BCUT2D eigenvalue weighted by atomic mass is 9.93. The summed E-state index contributed by atoms with van der Waals surface area (Å²) >= 11 is 0. The van der Waals surface area contributed by atoms with Gasteiger partial charge in [0.15, 0.2) is 11.6 Å². The van der Waals surface area contributed by atoms with E-state index in [2.05, 4.69) is 37.5 Å². The second-order valence-electron chi connectivity index (χ2n) is 8.49. The molecule has 0 spiro atoms. The van der Waals surface area contributed by atoms with E-state index in [1.54, 1.807) is 31.4 Å². The highest BCUT2D eigenvalue weighted by Gasteiger charge is 2.31. The fourth-order valence-corrected chi connectivity index (χ4v) is 4.46. The quantitative estimate of drug-likeness (QED) is 0.580. The van der Waals surface area contributed by atoms with E-state index in [9.17, 15) is 9.50 Å². The van der Waals surface area contributed by atoms with Gasteiger partial charge >= 0.3 is 0 Å². The van der Waals surface area contributed by atoms with Crippen LogP contribution in [0.25, 0.3) is 22.8 Å². The molecule has 32 heavy (non-hydrogen) atoms. The molecule has 10 heteroatoms. The molecule has 1 saturated carbocycles. The molecule has 0 saturated heterocycles. The fraction of sp³-hybridized carbons (Fsp3) is 0.545. The van der Waals surface area contributed by atoms with Gasteiger partial charge in [-0.1, -0.05) is 38.7 Å². The van der Waals surface area contributed by atoms with Gasteiger partial charge in [0.2, 0.25) is 5.82 Å². The van der Waals surface area contributed by atoms with Crippen LogP contribution >= 0.6 is 0 Å². The zero-order valence-electron chi connectivity index (χ0n) is 18.7. The van der Waals surface area contributed by atoms with E-state index in [4.69, 9.17) is 0 Å². The van der Waals surface area contributed by atoms with Gasteiger partial charge in [0, 0.05) is 12.6 Å². The predicted molar refractivity (Wildman–Crippen MR) is 119 cm³/mol. The highest BCUT2D eigenvalue weighted by Crippen LogP contribution is 2.33. The molecule has 1 aromatic carbocycles. The summed E-state index contributed by atoms with van der Waals surface area (Å²) in [6, 6.07) is 4.77. The van der Waals surface area contributed by atoms with Crippen molar-refractivity contribution >= 4 is 5.82 Å². The molecule has 4 rings (SSSR count). The van der Waals surface area contributed by atoms with Crippen molar-refractivity contribution in [2.75, 3.05) is 11.9 Å². The van der Waals surface area contributed by atoms with Crippen molar-refractivity contribution < 1.29 is 9.50 Å². The van der Waals surface area contributed by atoms with Gasteiger partial charge in [-0.15, -0.1) is 20.4 Å². The maximum atomic E-state index is 14.9. The number of aromatic nitrogens is 7. The van der Waals surface area contributed by atoms with Crippen LogP contribution in [0.1, 0.15) is 45.4 Å². The molecule has 3 atom stereocenters. The molecule has 0 amide bonds. The maximum absolute atomic E-state index is 14.9. The first-order valence-corrected chi connectivity index (χ1v) is 11.1. The average Bonchev–Trinajstić information content (AvgIpc) is 3.14. The number of tetrazole rings is 1. The lowest BCUT2D eigenvalue weighted by molar-refractivity contribution is 0.252. The smallest absolute Gasteiger partial charge is 0.205 e. The van der Waals surface area contributed by atoms with Gasteiger partial charge in [-0.2, -0.15) is 4.80 Å². The number of anilines is 1. The van der Waals surface area contributed by atoms with E-state index >= 15 is 0 Å². The van der Waals surface area contributed by atoms with Crippen LogP contribution in [0.15, 0.2) is 24.4 Å². The fourth-order valence-electron chi connectivity index (χ4n) is 4.46. The molecule has 0 unspecified atom stereocenters. The first-order chi connectivity index (χ1) is 15.5. The van der Waals surface area contributed by atoms with Crippen molar-refractivity contribution in [3.63, 3.8) is 0 Å². The molecule has 3 aromatic rings. The van der Waals surface area contributed by atoms with Crippen LogP contribution in [0, 0.1) is 5.92 Å². The van der Waals surface area contributed by atoms with Crippen LogP contribution < -0.4 is 4.90 Å². The third kappa shape index (κ3) is 4.68. The lowest BCUT2D eigenvalue weighted by Gasteiger charge is -2.31. The molecule has 0 aliphatic heterocycles. The Kier molecular flexibility index (Phi) is 6.57. The van der Waals surface area contributed by atoms with Gasteiger partial charge in [-0.05, 0) is 36.1 Å². The number of hydrogen-bond donors (Lipinski definition) is 1. The summed E-state index contributed by atoms with van der Waals surface area (Å²) in [5.74, 6) is 1.76. The molecule has 1 fully saturated rings. The number of phenols is 1. The van der Waals surface area contributed by atoms with Crippen LogP contribution in [0.3, 0.4) is 0 Å². The molecular weight excluding hydrogens is 411 g/mol. The minimum atomic E-state index is -0.894. The third-order valence-corrected chi connectivity index (χ3v) is 6.20. The van der Waals surface area contributed by atoms with E-state index in [1.807, 2.05) is 11.9 Å². The summed E-state index contributed by atoms with van der Waals surface area (Å²) in [6.45, 7) is 2.18. The Bertz CT molecular complexity index is 1040. The van der Waals surface area contributed by atoms with Crippen molar-refractivity contribution in [2.45, 2.75) is 57.7 Å². The van der Waals surface area contributed by atoms with E-state index < -0.39 is 6.17 Å². The standard InChI is InChI=1S/C22H29FN8O/c1-4-6-14-7-5-8-17(23)18(11-14)30(2)20-13-24-22(26-25-20)16-10-9-15(12-19(16)32)21-27-29-31(3)28-21/h9-10,12-14,17-18,32H,4-8,11H2,1-3H3/t14-,17+,18-/m1/s1. The molecule has 1 aliphatic rings. The number of hydrogen-bond acceptors (Lipinski definition) is 8. The number of nitrogens with zero attached hydrogens (tertiary/aromatic N) is 8. The van der Waals surface area contributed by atoms with Crippen molar-refractivity contribution in [2.24, 2.45) is 13.0 Å². The minimum Gasteiger partial charge on any atom is -0.507 e. The van der Waals surface area contributed by atoms with E-state index in [0.29, 0.717) is 40.9 Å². The number of aromatic hydroxyl groups is 1. The Morgan fingerprint density at radius 1 is 1.19 bits per heavy atom. The molecule has 170 valence electrons. The number of benzene rings is 1. The van der Waals surface area contributed by atoms with Crippen molar-refractivity contribution in [3.8, 4) is 28.5 Å². The molecule has 2 aromatic heterocycles. The number of halogens is 1. The van der Waals surface area contributed by atoms with Crippen LogP contribution in [-0.4, -0.2) is 59.8 Å². The molecule has 1 aliphatic carbocycles. The molecule has 0 bridgehead atoms. The van der Waals surface area contributed by atoms with Gasteiger partial charge in [0.05, 0.1) is 24.8 Å². The monoisotopic (exact) mass is 440 g/mol. The lowest BCUT2D eigenvalue weighted by Crippen LogP contribution is -2.40. The Balaban J connectivity index is 1.52. The maximum Gasteiger partial charge on any atom is 0.205 e. The molecular formula is C22H29FN8O. The number of aryl methyl sites for hydroxylation is 1. The normalized spacial score (nSPS) is 21.3. The zero-order chi connectivity index (χ0) is 22.7. The molecule has 9 nitrogen and oxygen atoms in total. The first-order valence-electron chi connectivity index (χ1n) is 11.1. The topological polar surface area (TPSA) is 106 Å². The third-order valence-electron chi connectivity index (χ3n) is 6.20. The summed E-state index contributed by atoms with van der Waals surface area (Å²) in [5, 5.41) is 30.9. The SMILES string of the molecule is CCC[C@@H]1CCC[C@H](F)[C@H](N(C)c2cnc(-c3ccc(-c4nnn(C)n4)cc3O)nn2)C1.